The van der Waals surface area contributed by atoms with Crippen LogP contribution in [0.3, 0.4) is 0 Å². The average Bonchev–Trinajstić information content (AvgIpc) is 2.43. The average molecular weight is 275 g/mol. The molecule has 0 unspecified atom stereocenters. The van der Waals surface area contributed by atoms with Crippen LogP contribution in [0.2, 0.25) is 0 Å². The first-order chi connectivity index (χ1) is 6.24. The molecule has 0 aliphatic rings. The zero-order chi connectivity index (χ0) is 9.42. The maximum absolute atomic E-state index is 9.49. The minimum atomic E-state index is 0.298. The van der Waals surface area contributed by atoms with Crippen LogP contribution in [0.4, 0.5) is 0 Å². The summed E-state index contributed by atoms with van der Waals surface area (Å²) in [6.07, 6.45) is 0. The smallest absolute Gasteiger partial charge is 0.186 e. The highest BCUT2D eigenvalue weighted by Crippen LogP contribution is 2.40. The second-order valence-electron chi connectivity index (χ2n) is 2.68. The summed E-state index contributed by atoms with van der Waals surface area (Å²) in [7, 11) is 0. The van der Waals surface area contributed by atoms with Crippen LogP contribution < -0.4 is 0 Å². The van der Waals surface area contributed by atoms with Gasteiger partial charge in [-0.1, -0.05) is 45.5 Å². The second kappa shape index (κ2) is 3.52. The van der Waals surface area contributed by atoms with Gasteiger partial charge in [0.05, 0.1) is 4.90 Å². The van der Waals surface area contributed by atoms with Crippen molar-refractivity contribution in [2.45, 2.75) is 10.2 Å². The normalized spacial score (nSPS) is 10.9. The number of thiophene rings is 1. The van der Waals surface area contributed by atoms with Crippen molar-refractivity contribution in [3.8, 4) is 5.06 Å². The van der Waals surface area contributed by atoms with Crippen LogP contribution in [-0.4, -0.2) is 5.11 Å². The Morgan fingerprint density at radius 3 is 2.92 bits per heavy atom. The Morgan fingerprint density at radius 2 is 2.23 bits per heavy atom. The van der Waals surface area contributed by atoms with Gasteiger partial charge in [-0.15, -0.1) is 12.6 Å². The number of aromatic hydroxyl groups is 1. The van der Waals surface area contributed by atoms with E-state index in [4.69, 9.17) is 0 Å². The molecule has 13 heavy (non-hydrogen) atoms. The number of halogens is 1. The summed E-state index contributed by atoms with van der Waals surface area (Å²) in [5, 5.41) is 11.6. The van der Waals surface area contributed by atoms with Crippen LogP contribution >= 0.6 is 39.9 Å². The lowest BCUT2D eigenvalue weighted by Gasteiger charge is -1.96. The Morgan fingerprint density at radius 1 is 1.46 bits per heavy atom. The molecule has 2 aromatic rings. The van der Waals surface area contributed by atoms with E-state index < -0.39 is 0 Å². The molecule has 1 aromatic heterocycles. The van der Waals surface area contributed by atoms with Crippen molar-refractivity contribution in [2.75, 3.05) is 0 Å². The van der Waals surface area contributed by atoms with Crippen LogP contribution in [0.25, 0.3) is 10.1 Å². The molecule has 0 aliphatic heterocycles. The summed E-state index contributed by atoms with van der Waals surface area (Å²) in [5.41, 5.74) is 1.19. The minimum Gasteiger partial charge on any atom is -0.499 e. The molecule has 0 radical (unpaired) electrons. The summed E-state index contributed by atoms with van der Waals surface area (Å²) >= 11 is 9.04. The Hall–Kier alpha value is -0.190. The van der Waals surface area contributed by atoms with E-state index in [1.54, 1.807) is 0 Å². The van der Waals surface area contributed by atoms with Crippen molar-refractivity contribution >= 4 is 50.0 Å². The summed E-state index contributed by atoms with van der Waals surface area (Å²) in [6.45, 7) is 0. The lowest BCUT2D eigenvalue weighted by Crippen LogP contribution is -1.75. The van der Waals surface area contributed by atoms with E-state index in [9.17, 15) is 5.11 Å². The molecule has 0 bridgehead atoms. The second-order valence-corrected chi connectivity index (χ2v) is 4.69. The van der Waals surface area contributed by atoms with Crippen LogP contribution in [0.1, 0.15) is 5.56 Å². The number of rotatable bonds is 1. The first-order valence-electron chi connectivity index (χ1n) is 3.72. The molecule has 1 N–H and O–H groups in total. The minimum absolute atomic E-state index is 0.298. The third kappa shape index (κ3) is 1.47. The van der Waals surface area contributed by atoms with Gasteiger partial charge in [0.1, 0.15) is 0 Å². The Balaban J connectivity index is 2.84. The van der Waals surface area contributed by atoms with E-state index >= 15 is 0 Å². The quantitative estimate of drug-likeness (QED) is 0.599. The Labute approximate surface area is 93.9 Å². The van der Waals surface area contributed by atoms with Gasteiger partial charge in [-0.05, 0) is 5.56 Å². The summed E-state index contributed by atoms with van der Waals surface area (Å²) < 4.78 is 1.11. The summed E-state index contributed by atoms with van der Waals surface area (Å²) in [6, 6.07) is 5.99. The molecule has 0 amide bonds. The van der Waals surface area contributed by atoms with Gasteiger partial charge < -0.3 is 5.11 Å². The summed E-state index contributed by atoms with van der Waals surface area (Å²) in [4.78, 5) is 0.683. The lowest BCUT2D eigenvalue weighted by molar-refractivity contribution is 0.480. The van der Waals surface area contributed by atoms with E-state index in [0.29, 0.717) is 9.96 Å². The van der Waals surface area contributed by atoms with Gasteiger partial charge in [0.25, 0.3) is 0 Å². The molecule has 68 valence electrons. The van der Waals surface area contributed by atoms with Gasteiger partial charge >= 0.3 is 0 Å². The Kier molecular flexibility index (Phi) is 2.53. The zero-order valence-electron chi connectivity index (χ0n) is 6.62. The van der Waals surface area contributed by atoms with Gasteiger partial charge in [-0.25, -0.2) is 0 Å². The first-order valence-corrected chi connectivity index (χ1v) is 6.11. The van der Waals surface area contributed by atoms with E-state index in [1.807, 2.05) is 18.2 Å². The van der Waals surface area contributed by atoms with E-state index in [-0.39, 0.29) is 0 Å². The van der Waals surface area contributed by atoms with E-state index in [1.165, 1.54) is 16.9 Å². The van der Waals surface area contributed by atoms with Gasteiger partial charge in [0.2, 0.25) is 0 Å². The molecule has 1 nitrogen and oxygen atoms in total. The molecule has 4 heteroatoms. The zero-order valence-corrected chi connectivity index (χ0v) is 9.92. The number of alkyl halides is 1. The Bertz CT molecular complexity index is 450. The molecular formula is C9H7BrOS2. The first kappa shape index (κ1) is 9.37. The molecule has 0 saturated heterocycles. The number of fused-ring (bicyclic) bond motifs is 1. The number of benzene rings is 1. The van der Waals surface area contributed by atoms with Crippen molar-refractivity contribution in [1.82, 2.24) is 0 Å². The number of hydrogen-bond donors (Lipinski definition) is 2. The topological polar surface area (TPSA) is 20.2 Å². The predicted octanol–water partition coefficient (Wildman–Crippen LogP) is 3.79. The lowest BCUT2D eigenvalue weighted by atomic mass is 10.2. The number of thiol groups is 1. The van der Waals surface area contributed by atoms with E-state index in [2.05, 4.69) is 28.6 Å². The van der Waals surface area contributed by atoms with Crippen LogP contribution in [0.15, 0.2) is 23.1 Å². The molecule has 0 aliphatic carbocycles. The van der Waals surface area contributed by atoms with Gasteiger partial charge in [-0.3, -0.25) is 0 Å². The fraction of sp³-hybridized carbons (Fsp3) is 0.111. The highest BCUT2D eigenvalue weighted by atomic mass is 79.9. The standard InChI is InChI=1S/C9H7BrOS2/c10-4-5-2-1-3-6-7(12)9(11)13-8(5)6/h1-3,11-12H,4H2. The van der Waals surface area contributed by atoms with Crippen LogP contribution in [0.5, 0.6) is 5.06 Å². The molecule has 0 fully saturated rings. The van der Waals surface area contributed by atoms with Crippen molar-refractivity contribution in [2.24, 2.45) is 0 Å². The van der Waals surface area contributed by atoms with Crippen molar-refractivity contribution in [1.29, 1.82) is 0 Å². The van der Waals surface area contributed by atoms with Crippen LogP contribution in [-0.2, 0) is 5.33 Å². The molecule has 2 rings (SSSR count). The highest BCUT2D eigenvalue weighted by Gasteiger charge is 2.09. The highest BCUT2D eigenvalue weighted by molar-refractivity contribution is 9.08. The SMILES string of the molecule is Oc1sc2c(CBr)cccc2c1S. The third-order valence-electron chi connectivity index (χ3n) is 1.90. The molecule has 0 spiro atoms. The fourth-order valence-corrected chi connectivity index (χ4v) is 3.26. The van der Waals surface area contributed by atoms with E-state index in [0.717, 1.165) is 15.4 Å². The molecule has 1 heterocycles. The molecule has 1 aromatic carbocycles. The monoisotopic (exact) mass is 274 g/mol. The number of hydrogen-bond acceptors (Lipinski definition) is 3. The third-order valence-corrected chi connectivity index (χ3v) is 4.19. The summed E-state index contributed by atoms with van der Waals surface area (Å²) in [5.74, 6) is 0. The van der Waals surface area contributed by atoms with Gasteiger partial charge in [-0.2, -0.15) is 0 Å². The largest absolute Gasteiger partial charge is 0.499 e. The molecule has 0 saturated carbocycles. The van der Waals surface area contributed by atoms with Gasteiger partial charge in [0, 0.05) is 15.4 Å². The van der Waals surface area contributed by atoms with Crippen LogP contribution in [0, 0.1) is 0 Å². The van der Waals surface area contributed by atoms with Gasteiger partial charge in [0.15, 0.2) is 5.06 Å². The van der Waals surface area contributed by atoms with Crippen molar-refractivity contribution in [3.05, 3.63) is 23.8 Å². The maximum atomic E-state index is 9.49. The predicted molar refractivity (Wildman–Crippen MR) is 63.4 cm³/mol. The van der Waals surface area contributed by atoms with Crippen molar-refractivity contribution in [3.63, 3.8) is 0 Å². The maximum Gasteiger partial charge on any atom is 0.186 e. The fourth-order valence-electron chi connectivity index (χ4n) is 1.26. The molecular weight excluding hydrogens is 268 g/mol. The van der Waals surface area contributed by atoms with Crippen molar-refractivity contribution < 1.29 is 5.11 Å². The molecule has 0 atom stereocenters.